The first-order chi connectivity index (χ1) is 16.8. The molecule has 0 unspecified atom stereocenters. The number of carbonyl (C=O) groups excluding carboxylic acids is 2. The number of hydrogen-bond acceptors (Lipinski definition) is 5. The number of aliphatic hydroxyl groups is 1. The molecule has 0 bridgehead atoms. The van der Waals surface area contributed by atoms with E-state index in [9.17, 15) is 23.9 Å². The van der Waals surface area contributed by atoms with E-state index in [1.54, 1.807) is 23.1 Å². The molecule has 35 heavy (non-hydrogen) atoms. The predicted octanol–water partition coefficient (Wildman–Crippen LogP) is 2.10. The number of benzene rings is 2. The highest BCUT2D eigenvalue weighted by molar-refractivity contribution is 6.31. The molecule has 4 rings (SSSR count). The van der Waals surface area contributed by atoms with Crippen LogP contribution in [0.3, 0.4) is 0 Å². The number of carbonyl (C=O) groups is 2. The molecule has 3 aromatic rings. The molecule has 8 nitrogen and oxygen atoms in total. The third kappa shape index (κ3) is 5.86. The van der Waals surface area contributed by atoms with Crippen LogP contribution in [0.15, 0.2) is 59.7 Å². The van der Waals surface area contributed by atoms with Gasteiger partial charge in [-0.3, -0.25) is 19.0 Å². The first-order valence-electron chi connectivity index (χ1n) is 11.3. The van der Waals surface area contributed by atoms with E-state index in [1.165, 1.54) is 10.9 Å². The van der Waals surface area contributed by atoms with E-state index in [-0.39, 0.29) is 50.4 Å². The van der Waals surface area contributed by atoms with Crippen molar-refractivity contribution in [2.45, 2.75) is 37.5 Å². The number of halogens is 2. The summed E-state index contributed by atoms with van der Waals surface area (Å²) in [6.07, 6.45) is 2.09. The highest BCUT2D eigenvalue weighted by Gasteiger charge is 2.37. The summed E-state index contributed by atoms with van der Waals surface area (Å²) >= 11 is 5.97. The Balaban J connectivity index is 1.44. The van der Waals surface area contributed by atoms with Gasteiger partial charge >= 0.3 is 0 Å². The molecular weight excluding hydrogens is 475 g/mol. The van der Waals surface area contributed by atoms with Crippen LogP contribution in [0.4, 0.5) is 4.39 Å². The molecule has 2 aromatic carbocycles. The average molecular weight is 501 g/mol. The Bertz CT molecular complexity index is 1280. The molecule has 10 heteroatoms. The van der Waals surface area contributed by atoms with Crippen LogP contribution >= 0.6 is 11.6 Å². The minimum Gasteiger partial charge on any atom is -0.388 e. The summed E-state index contributed by atoms with van der Waals surface area (Å²) in [7, 11) is 0. The first kappa shape index (κ1) is 24.8. The van der Waals surface area contributed by atoms with Crippen LogP contribution in [0.25, 0.3) is 10.9 Å². The van der Waals surface area contributed by atoms with Gasteiger partial charge < -0.3 is 15.3 Å². The standard InChI is InChI=1S/C25H26ClFN4O4/c26-18-6-7-19-20(13-18)28-16-31(23(19)33)15-25(35)8-10-30(11-9-25)24(34)21(29-22(32)14-27)12-17-4-2-1-3-5-17/h1-7,13,16,21,35H,8-12,14-15H2,(H,29,32)/t21-/m0/s1. The molecule has 184 valence electrons. The van der Waals surface area contributed by atoms with E-state index in [4.69, 9.17) is 11.6 Å². The second-order valence-corrected chi connectivity index (χ2v) is 9.27. The lowest BCUT2D eigenvalue weighted by molar-refractivity contribution is -0.140. The second kappa shape index (κ2) is 10.5. The van der Waals surface area contributed by atoms with Crippen molar-refractivity contribution >= 4 is 34.3 Å². The van der Waals surface area contributed by atoms with Gasteiger partial charge in [-0.1, -0.05) is 41.9 Å². The van der Waals surface area contributed by atoms with Gasteiger partial charge in [-0.15, -0.1) is 0 Å². The molecule has 1 aromatic heterocycles. The number of rotatable bonds is 7. The molecule has 0 aliphatic carbocycles. The van der Waals surface area contributed by atoms with Crippen LogP contribution in [0.1, 0.15) is 18.4 Å². The molecule has 0 saturated carbocycles. The quantitative estimate of drug-likeness (QED) is 0.517. The SMILES string of the molecule is O=C(CF)N[C@@H](Cc1ccccc1)C(=O)N1CCC(O)(Cn2cnc3cc(Cl)ccc3c2=O)CC1. The number of likely N-dealkylation sites (tertiary alicyclic amines) is 1. The van der Waals surface area contributed by atoms with Crippen LogP contribution in [0, 0.1) is 0 Å². The number of amides is 2. The number of nitrogens with one attached hydrogen (secondary N) is 1. The summed E-state index contributed by atoms with van der Waals surface area (Å²) in [6, 6.07) is 13.1. The zero-order valence-corrected chi connectivity index (χ0v) is 19.7. The summed E-state index contributed by atoms with van der Waals surface area (Å²) in [6.45, 7) is -0.709. The monoisotopic (exact) mass is 500 g/mol. The maximum absolute atomic E-state index is 13.2. The molecule has 2 amide bonds. The van der Waals surface area contributed by atoms with Gasteiger partial charge in [-0.2, -0.15) is 0 Å². The summed E-state index contributed by atoms with van der Waals surface area (Å²) < 4.78 is 14.2. The lowest BCUT2D eigenvalue weighted by Crippen LogP contribution is -2.55. The number of alkyl halides is 1. The van der Waals surface area contributed by atoms with Gasteiger partial charge in [0.25, 0.3) is 11.5 Å². The van der Waals surface area contributed by atoms with E-state index in [0.29, 0.717) is 15.9 Å². The number of aromatic nitrogens is 2. The Morgan fingerprint density at radius 3 is 2.57 bits per heavy atom. The van der Waals surface area contributed by atoms with Gasteiger partial charge in [0.2, 0.25) is 5.91 Å². The minimum atomic E-state index is -1.21. The lowest BCUT2D eigenvalue weighted by Gasteiger charge is -2.39. The zero-order chi connectivity index (χ0) is 25.0. The van der Waals surface area contributed by atoms with Crippen molar-refractivity contribution in [2.75, 3.05) is 19.8 Å². The van der Waals surface area contributed by atoms with E-state index in [2.05, 4.69) is 10.3 Å². The van der Waals surface area contributed by atoms with Crippen LogP contribution in [-0.4, -0.2) is 62.8 Å². The maximum atomic E-state index is 13.2. The molecule has 1 saturated heterocycles. The normalized spacial score (nSPS) is 16.1. The summed E-state index contributed by atoms with van der Waals surface area (Å²) in [5.41, 5.74) is -0.177. The Labute approximate surface area is 206 Å². The molecular formula is C25H26ClFN4O4. The van der Waals surface area contributed by atoms with Crippen LogP contribution in [0.2, 0.25) is 5.02 Å². The largest absolute Gasteiger partial charge is 0.388 e. The van der Waals surface area contributed by atoms with E-state index in [1.807, 2.05) is 30.3 Å². The van der Waals surface area contributed by atoms with Crippen molar-refractivity contribution in [3.8, 4) is 0 Å². The summed E-state index contributed by atoms with van der Waals surface area (Å²) in [5, 5.41) is 14.5. The molecule has 0 radical (unpaired) electrons. The van der Waals surface area contributed by atoms with E-state index in [0.717, 1.165) is 5.56 Å². The average Bonchev–Trinajstić information content (AvgIpc) is 2.86. The molecule has 1 atom stereocenters. The van der Waals surface area contributed by atoms with Gasteiger partial charge in [-0.05, 0) is 36.6 Å². The van der Waals surface area contributed by atoms with Gasteiger partial charge in [0, 0.05) is 24.5 Å². The molecule has 0 spiro atoms. The fourth-order valence-electron chi connectivity index (χ4n) is 4.37. The van der Waals surface area contributed by atoms with Gasteiger partial charge in [-0.25, -0.2) is 9.37 Å². The minimum absolute atomic E-state index is 0.0332. The van der Waals surface area contributed by atoms with E-state index < -0.39 is 24.2 Å². The second-order valence-electron chi connectivity index (χ2n) is 8.83. The van der Waals surface area contributed by atoms with Crippen LogP contribution < -0.4 is 10.9 Å². The fraction of sp³-hybridized carbons (Fsp3) is 0.360. The number of fused-ring (bicyclic) bond motifs is 1. The summed E-state index contributed by atoms with van der Waals surface area (Å²) in [5.74, 6) is -1.18. The van der Waals surface area contributed by atoms with Crippen molar-refractivity contribution in [1.82, 2.24) is 19.8 Å². The van der Waals surface area contributed by atoms with Crippen LogP contribution in [0.5, 0.6) is 0 Å². The Kier molecular flexibility index (Phi) is 7.47. The van der Waals surface area contributed by atoms with Crippen molar-refractivity contribution < 1.29 is 19.1 Å². The fourth-order valence-corrected chi connectivity index (χ4v) is 4.53. The van der Waals surface area contributed by atoms with Crippen LogP contribution in [-0.2, 0) is 22.6 Å². The number of hydrogen-bond donors (Lipinski definition) is 2. The van der Waals surface area contributed by atoms with Gasteiger partial charge in [0.05, 0.1) is 29.4 Å². The zero-order valence-electron chi connectivity index (χ0n) is 19.0. The predicted molar refractivity (Wildman–Crippen MR) is 130 cm³/mol. The third-order valence-corrected chi connectivity index (χ3v) is 6.53. The van der Waals surface area contributed by atoms with E-state index >= 15 is 0 Å². The lowest BCUT2D eigenvalue weighted by atomic mass is 9.90. The summed E-state index contributed by atoms with van der Waals surface area (Å²) in [4.78, 5) is 43.6. The molecule has 2 heterocycles. The maximum Gasteiger partial charge on any atom is 0.261 e. The van der Waals surface area contributed by atoms with Crippen molar-refractivity contribution in [1.29, 1.82) is 0 Å². The highest BCUT2D eigenvalue weighted by atomic mass is 35.5. The topological polar surface area (TPSA) is 105 Å². The number of nitrogens with zero attached hydrogens (tertiary/aromatic N) is 3. The smallest absolute Gasteiger partial charge is 0.261 e. The first-order valence-corrected chi connectivity index (χ1v) is 11.7. The molecule has 1 fully saturated rings. The van der Waals surface area contributed by atoms with Crippen molar-refractivity contribution in [3.05, 3.63) is 75.8 Å². The Hall–Kier alpha value is -3.30. The third-order valence-electron chi connectivity index (χ3n) is 6.30. The molecule has 2 N–H and O–H groups in total. The highest BCUT2D eigenvalue weighted by Crippen LogP contribution is 2.25. The Morgan fingerprint density at radius 2 is 1.89 bits per heavy atom. The Morgan fingerprint density at radius 1 is 1.17 bits per heavy atom. The number of piperidine rings is 1. The molecule has 1 aliphatic heterocycles. The van der Waals surface area contributed by atoms with Gasteiger partial charge in [0.1, 0.15) is 6.04 Å². The molecule has 1 aliphatic rings. The van der Waals surface area contributed by atoms with Gasteiger partial charge in [0.15, 0.2) is 6.67 Å². The van der Waals surface area contributed by atoms with Crippen molar-refractivity contribution in [2.24, 2.45) is 0 Å². The van der Waals surface area contributed by atoms with Crippen molar-refractivity contribution in [3.63, 3.8) is 0 Å².